The lowest BCUT2D eigenvalue weighted by molar-refractivity contribution is 0.635. The molecule has 0 bridgehead atoms. The Labute approximate surface area is 190 Å². The maximum Gasteiger partial charge on any atom is 0.269 e. The van der Waals surface area contributed by atoms with Gasteiger partial charge in [0.05, 0.1) is 28.6 Å². The van der Waals surface area contributed by atoms with Crippen LogP contribution in [-0.2, 0) is 0 Å². The van der Waals surface area contributed by atoms with Crippen molar-refractivity contribution in [2.24, 2.45) is 0 Å². The molecule has 5 rings (SSSR count). The third-order valence-electron chi connectivity index (χ3n) is 4.99. The Balaban J connectivity index is 1.75. The van der Waals surface area contributed by atoms with Crippen LogP contribution in [0.1, 0.15) is 18.8 Å². The molecule has 11 heteroatoms. The largest absolute Gasteiger partial charge is 0.358 e. The summed E-state index contributed by atoms with van der Waals surface area (Å²) in [5, 5.41) is 3.71. The van der Waals surface area contributed by atoms with E-state index in [1.165, 1.54) is 35.4 Å². The highest BCUT2D eigenvalue weighted by atomic mass is 35.5. The van der Waals surface area contributed by atoms with Gasteiger partial charge in [-0.05, 0) is 37.3 Å². The van der Waals surface area contributed by atoms with Gasteiger partial charge in [0.2, 0.25) is 0 Å². The zero-order valence-corrected chi connectivity index (χ0v) is 18.0. The van der Waals surface area contributed by atoms with Gasteiger partial charge in [-0.25, -0.2) is 24.3 Å². The summed E-state index contributed by atoms with van der Waals surface area (Å²) in [6, 6.07) is 8.45. The van der Waals surface area contributed by atoms with Gasteiger partial charge >= 0.3 is 0 Å². The van der Waals surface area contributed by atoms with Gasteiger partial charge in [0.1, 0.15) is 28.9 Å². The van der Waals surface area contributed by atoms with Crippen molar-refractivity contribution < 1.29 is 4.39 Å². The number of hydrogen-bond donors (Lipinski definition) is 2. The van der Waals surface area contributed by atoms with Crippen molar-refractivity contribution in [2.75, 3.05) is 5.32 Å². The van der Waals surface area contributed by atoms with Crippen LogP contribution in [0, 0.1) is 5.82 Å². The molecule has 32 heavy (non-hydrogen) atoms. The minimum Gasteiger partial charge on any atom is -0.358 e. The maximum atomic E-state index is 14.6. The lowest BCUT2D eigenvalue weighted by Gasteiger charge is -2.21. The van der Waals surface area contributed by atoms with Crippen LogP contribution < -0.4 is 10.9 Å². The molecule has 2 N–H and O–H groups in total. The molecule has 0 aliphatic carbocycles. The summed E-state index contributed by atoms with van der Waals surface area (Å²) >= 11 is 12.6. The van der Waals surface area contributed by atoms with Crippen LogP contribution in [0.3, 0.4) is 0 Å². The number of H-pyrrole nitrogens is 1. The van der Waals surface area contributed by atoms with Gasteiger partial charge < -0.3 is 10.3 Å². The van der Waals surface area contributed by atoms with Crippen LogP contribution in [0.25, 0.3) is 27.8 Å². The second kappa shape index (κ2) is 7.85. The highest BCUT2D eigenvalue weighted by Gasteiger charge is 2.22. The van der Waals surface area contributed by atoms with E-state index in [4.69, 9.17) is 23.2 Å². The topological polar surface area (TPSA) is 101 Å². The fourth-order valence-electron chi connectivity index (χ4n) is 3.53. The lowest BCUT2D eigenvalue weighted by Crippen LogP contribution is -2.28. The number of nitrogens with zero attached hydrogens (tertiary/aromatic N) is 5. The van der Waals surface area contributed by atoms with Gasteiger partial charge in [0.15, 0.2) is 11.5 Å². The molecule has 0 radical (unpaired) electrons. The summed E-state index contributed by atoms with van der Waals surface area (Å²) in [5.74, 6) is 0.0925. The lowest BCUT2D eigenvalue weighted by atomic mass is 10.2. The number of anilines is 1. The number of rotatable bonds is 4. The zero-order chi connectivity index (χ0) is 22.4. The van der Waals surface area contributed by atoms with Gasteiger partial charge in [-0.15, -0.1) is 0 Å². The molecule has 1 atom stereocenters. The molecule has 0 amide bonds. The average molecular weight is 470 g/mol. The Hall–Kier alpha value is -3.56. The Morgan fingerprint density at radius 1 is 1.16 bits per heavy atom. The van der Waals surface area contributed by atoms with Crippen LogP contribution >= 0.6 is 23.2 Å². The number of aromatic nitrogens is 6. The Morgan fingerprint density at radius 3 is 2.84 bits per heavy atom. The zero-order valence-electron chi connectivity index (χ0n) is 16.5. The van der Waals surface area contributed by atoms with Gasteiger partial charge in [-0.1, -0.05) is 29.3 Å². The number of hydrogen-bond acceptors (Lipinski definition) is 6. The number of fused-ring (bicyclic) bond motifs is 2. The summed E-state index contributed by atoms with van der Waals surface area (Å²) in [4.78, 5) is 33.5. The van der Waals surface area contributed by atoms with Crippen molar-refractivity contribution in [1.29, 1.82) is 0 Å². The Morgan fingerprint density at radius 2 is 2.00 bits per heavy atom. The minimum absolute atomic E-state index is 0.141. The van der Waals surface area contributed by atoms with Crippen LogP contribution in [0.5, 0.6) is 0 Å². The van der Waals surface area contributed by atoms with Crippen LogP contribution in [-0.4, -0.2) is 29.5 Å². The summed E-state index contributed by atoms with van der Waals surface area (Å²) in [6.45, 7) is 1.80. The molecule has 5 aromatic rings. The fourth-order valence-corrected chi connectivity index (χ4v) is 3.90. The average Bonchev–Trinajstić information content (AvgIpc) is 3.25. The summed E-state index contributed by atoms with van der Waals surface area (Å²) < 4.78 is 15.9. The summed E-state index contributed by atoms with van der Waals surface area (Å²) in [7, 11) is 0. The van der Waals surface area contributed by atoms with E-state index in [0.717, 1.165) is 0 Å². The molecular formula is C21H14Cl2FN7O. The van der Waals surface area contributed by atoms with E-state index in [0.29, 0.717) is 33.5 Å². The number of halogens is 3. The quantitative estimate of drug-likeness (QED) is 0.396. The van der Waals surface area contributed by atoms with E-state index in [9.17, 15) is 9.18 Å². The first-order valence-corrected chi connectivity index (χ1v) is 10.3. The molecule has 0 spiro atoms. The summed E-state index contributed by atoms with van der Waals surface area (Å²) in [6.07, 6.45) is 2.89. The number of aromatic amines is 1. The van der Waals surface area contributed by atoms with E-state index < -0.39 is 17.4 Å². The number of imidazole rings is 1. The molecule has 0 aliphatic rings. The molecule has 0 fully saturated rings. The molecule has 0 saturated carbocycles. The van der Waals surface area contributed by atoms with Gasteiger partial charge in [0.25, 0.3) is 5.56 Å². The molecular weight excluding hydrogens is 456 g/mol. The van der Waals surface area contributed by atoms with E-state index in [-0.39, 0.29) is 15.9 Å². The van der Waals surface area contributed by atoms with Gasteiger partial charge in [-0.3, -0.25) is 9.36 Å². The molecule has 0 aliphatic heterocycles. The van der Waals surface area contributed by atoms with E-state index >= 15 is 0 Å². The second-order valence-electron chi connectivity index (χ2n) is 7.03. The third kappa shape index (κ3) is 3.35. The molecule has 3 heterocycles. The van der Waals surface area contributed by atoms with Crippen LogP contribution in [0.2, 0.25) is 10.0 Å². The number of nitrogens with one attached hydrogen (secondary N) is 2. The van der Waals surface area contributed by atoms with Gasteiger partial charge in [-0.2, -0.15) is 0 Å². The number of benzene rings is 2. The van der Waals surface area contributed by atoms with Crippen molar-refractivity contribution in [1.82, 2.24) is 29.5 Å². The first kappa shape index (κ1) is 20.3. The fraction of sp³-hybridized carbons (Fsp3) is 0.0952. The van der Waals surface area contributed by atoms with Gasteiger partial charge in [0, 0.05) is 5.02 Å². The first-order chi connectivity index (χ1) is 15.4. The second-order valence-corrected chi connectivity index (χ2v) is 7.87. The predicted molar refractivity (Wildman–Crippen MR) is 121 cm³/mol. The Bertz CT molecular complexity index is 1550. The smallest absolute Gasteiger partial charge is 0.269 e. The monoisotopic (exact) mass is 469 g/mol. The molecule has 2 aromatic carbocycles. The van der Waals surface area contributed by atoms with Crippen molar-refractivity contribution in [3.05, 3.63) is 81.1 Å². The van der Waals surface area contributed by atoms with Crippen LogP contribution in [0.4, 0.5) is 10.2 Å². The van der Waals surface area contributed by atoms with Crippen molar-refractivity contribution >= 4 is 51.1 Å². The van der Waals surface area contributed by atoms with Crippen molar-refractivity contribution in [2.45, 2.75) is 13.0 Å². The molecule has 160 valence electrons. The maximum absolute atomic E-state index is 14.6. The molecule has 0 saturated heterocycles. The first-order valence-electron chi connectivity index (χ1n) is 9.51. The normalized spacial score (nSPS) is 12.4. The SMILES string of the molecule is C[C@H](Nc1ncnc2nc[nH]c12)c1nc2cccc(F)c2c(=O)n1-c1cc(Cl)ccc1Cl. The predicted octanol–water partition coefficient (Wildman–Crippen LogP) is 4.67. The molecule has 3 aromatic heterocycles. The van der Waals surface area contributed by atoms with E-state index in [1.807, 2.05) is 0 Å². The third-order valence-corrected chi connectivity index (χ3v) is 5.54. The van der Waals surface area contributed by atoms with E-state index in [1.54, 1.807) is 25.1 Å². The standard InChI is InChI=1S/C21H14Cl2FN7O/c1-10(29-19-17-18(26-8-25-17)27-9-28-19)20-30-14-4-2-3-13(24)16(14)21(32)31(20)15-7-11(22)5-6-12(15)23/h2-10H,1H3,(H2,25,26,27,28,29)/t10-/m0/s1. The molecule has 8 nitrogen and oxygen atoms in total. The highest BCUT2D eigenvalue weighted by Crippen LogP contribution is 2.28. The van der Waals surface area contributed by atoms with Crippen LogP contribution in [0.15, 0.2) is 53.8 Å². The molecule has 0 unspecified atom stereocenters. The van der Waals surface area contributed by atoms with E-state index in [2.05, 4.69) is 30.2 Å². The minimum atomic E-state index is -0.672. The summed E-state index contributed by atoms with van der Waals surface area (Å²) in [5.41, 5.74) is 0.997. The highest BCUT2D eigenvalue weighted by molar-refractivity contribution is 6.34. The van der Waals surface area contributed by atoms with Crippen molar-refractivity contribution in [3.8, 4) is 5.69 Å². The van der Waals surface area contributed by atoms with Crippen molar-refractivity contribution in [3.63, 3.8) is 0 Å². The Kier molecular flexibility index (Phi) is 4.99.